The van der Waals surface area contributed by atoms with E-state index in [1.165, 1.54) is 4.90 Å². The fourth-order valence-electron chi connectivity index (χ4n) is 2.79. The molecule has 26 heavy (non-hydrogen) atoms. The summed E-state index contributed by atoms with van der Waals surface area (Å²) in [7, 11) is 1.59. The van der Waals surface area contributed by atoms with Gasteiger partial charge in [-0.25, -0.2) is 0 Å². The Labute approximate surface area is 152 Å². The summed E-state index contributed by atoms with van der Waals surface area (Å²) in [4.78, 5) is 26.8. The van der Waals surface area contributed by atoms with Crippen molar-refractivity contribution >= 4 is 23.1 Å². The number of amides is 2. The molecule has 1 N–H and O–H groups in total. The molecule has 3 rings (SSSR count). The van der Waals surface area contributed by atoms with Gasteiger partial charge >= 0.3 is 0 Å². The summed E-state index contributed by atoms with van der Waals surface area (Å²) in [5.74, 6) is 0.0291. The van der Waals surface area contributed by atoms with E-state index in [9.17, 15) is 9.59 Å². The molecule has 1 aliphatic rings. The fraction of sp³-hybridized carbons (Fsp3) is 0.143. The number of hydrogen-bond donors (Lipinski definition) is 1. The van der Waals surface area contributed by atoms with Crippen LogP contribution in [0.5, 0.6) is 5.75 Å². The molecule has 0 spiro atoms. The van der Waals surface area contributed by atoms with Crippen LogP contribution in [0.25, 0.3) is 5.57 Å². The second-order valence-electron chi connectivity index (χ2n) is 5.98. The molecule has 0 bridgehead atoms. The van der Waals surface area contributed by atoms with Crippen molar-refractivity contribution in [1.29, 1.82) is 0 Å². The predicted molar refractivity (Wildman–Crippen MR) is 102 cm³/mol. The molecular formula is C21H20N2O3. The van der Waals surface area contributed by atoms with Gasteiger partial charge in [-0.05, 0) is 36.8 Å². The van der Waals surface area contributed by atoms with E-state index in [2.05, 4.69) is 11.9 Å². The lowest BCUT2D eigenvalue weighted by atomic mass is 10.0. The maximum Gasteiger partial charge on any atom is 0.278 e. The maximum absolute atomic E-state index is 12.8. The van der Waals surface area contributed by atoms with E-state index in [1.54, 1.807) is 37.5 Å². The molecule has 0 saturated carbocycles. The molecule has 2 amide bonds. The Morgan fingerprint density at radius 2 is 1.69 bits per heavy atom. The second-order valence-corrected chi connectivity index (χ2v) is 5.98. The molecule has 0 unspecified atom stereocenters. The fourth-order valence-corrected chi connectivity index (χ4v) is 2.79. The molecule has 0 fully saturated rings. The molecule has 0 radical (unpaired) electrons. The number of hydrogen-bond acceptors (Lipinski definition) is 4. The standard InChI is InChI=1S/C21H20N2O3/c1-4-13-23-20(24)18(15-7-5-14(2)6-8-15)19(21(23)25)22-16-9-11-17(26-3)12-10-16/h4-12,22H,1,13H2,2-3H3. The van der Waals surface area contributed by atoms with Crippen molar-refractivity contribution in [2.24, 2.45) is 0 Å². The third-order valence-corrected chi connectivity index (χ3v) is 4.18. The second kappa shape index (κ2) is 7.27. The smallest absolute Gasteiger partial charge is 0.278 e. The lowest BCUT2D eigenvalue weighted by molar-refractivity contribution is -0.136. The van der Waals surface area contributed by atoms with Crippen molar-refractivity contribution in [1.82, 2.24) is 4.90 Å². The van der Waals surface area contributed by atoms with Crippen LogP contribution in [-0.4, -0.2) is 30.4 Å². The van der Waals surface area contributed by atoms with Gasteiger partial charge in [-0.1, -0.05) is 35.9 Å². The predicted octanol–water partition coefficient (Wildman–Crippen LogP) is 3.38. The number of ether oxygens (including phenoxy) is 1. The molecule has 132 valence electrons. The quantitative estimate of drug-likeness (QED) is 0.642. The highest BCUT2D eigenvalue weighted by Crippen LogP contribution is 2.31. The Morgan fingerprint density at radius 1 is 1.04 bits per heavy atom. The Morgan fingerprint density at radius 3 is 2.27 bits per heavy atom. The third-order valence-electron chi connectivity index (χ3n) is 4.18. The number of methoxy groups -OCH3 is 1. The molecule has 1 heterocycles. The zero-order chi connectivity index (χ0) is 18.7. The average Bonchev–Trinajstić information content (AvgIpc) is 2.88. The van der Waals surface area contributed by atoms with Crippen molar-refractivity contribution in [3.8, 4) is 5.75 Å². The Balaban J connectivity index is 2.03. The van der Waals surface area contributed by atoms with E-state index in [1.807, 2.05) is 31.2 Å². The summed E-state index contributed by atoms with van der Waals surface area (Å²) in [6.45, 7) is 5.77. The van der Waals surface area contributed by atoms with Crippen LogP contribution in [0.2, 0.25) is 0 Å². The lowest BCUT2D eigenvalue weighted by Crippen LogP contribution is -2.32. The molecule has 5 heteroatoms. The van der Waals surface area contributed by atoms with Gasteiger partial charge < -0.3 is 10.1 Å². The van der Waals surface area contributed by atoms with Crippen LogP contribution in [-0.2, 0) is 9.59 Å². The minimum Gasteiger partial charge on any atom is -0.497 e. The van der Waals surface area contributed by atoms with E-state index >= 15 is 0 Å². The van der Waals surface area contributed by atoms with Crippen LogP contribution < -0.4 is 10.1 Å². The monoisotopic (exact) mass is 348 g/mol. The van der Waals surface area contributed by atoms with Gasteiger partial charge in [0.1, 0.15) is 11.4 Å². The van der Waals surface area contributed by atoms with Gasteiger partial charge in [0.05, 0.1) is 12.7 Å². The van der Waals surface area contributed by atoms with E-state index in [-0.39, 0.29) is 24.1 Å². The SMILES string of the molecule is C=CCN1C(=O)C(Nc2ccc(OC)cc2)=C(c2ccc(C)cc2)C1=O. The lowest BCUT2D eigenvalue weighted by Gasteiger charge is -2.12. The minimum absolute atomic E-state index is 0.167. The van der Waals surface area contributed by atoms with Gasteiger partial charge in [-0.15, -0.1) is 6.58 Å². The first-order valence-electron chi connectivity index (χ1n) is 8.24. The van der Waals surface area contributed by atoms with Gasteiger partial charge in [-0.3, -0.25) is 14.5 Å². The molecule has 0 saturated heterocycles. The number of rotatable bonds is 6. The molecule has 5 nitrogen and oxygen atoms in total. The van der Waals surface area contributed by atoms with Crippen molar-refractivity contribution in [3.05, 3.63) is 78.0 Å². The van der Waals surface area contributed by atoms with Crippen molar-refractivity contribution in [3.63, 3.8) is 0 Å². The zero-order valence-corrected chi connectivity index (χ0v) is 14.8. The van der Waals surface area contributed by atoms with Crippen LogP contribution in [0.3, 0.4) is 0 Å². The normalized spacial score (nSPS) is 14.0. The molecule has 1 aliphatic heterocycles. The van der Waals surface area contributed by atoms with Gasteiger partial charge in [-0.2, -0.15) is 0 Å². The summed E-state index contributed by atoms with van der Waals surface area (Å²) in [5, 5.41) is 3.10. The van der Waals surface area contributed by atoms with Gasteiger partial charge in [0.25, 0.3) is 11.8 Å². The highest BCUT2D eigenvalue weighted by molar-refractivity contribution is 6.36. The van der Waals surface area contributed by atoms with Gasteiger partial charge in [0.2, 0.25) is 0 Å². The molecular weight excluding hydrogens is 328 g/mol. The van der Waals surface area contributed by atoms with Gasteiger partial charge in [0.15, 0.2) is 0 Å². The van der Waals surface area contributed by atoms with E-state index in [0.29, 0.717) is 22.6 Å². The molecule has 0 aromatic heterocycles. The van der Waals surface area contributed by atoms with Crippen LogP contribution in [0.4, 0.5) is 5.69 Å². The van der Waals surface area contributed by atoms with Crippen molar-refractivity contribution in [2.75, 3.05) is 19.0 Å². The van der Waals surface area contributed by atoms with Crippen LogP contribution >= 0.6 is 0 Å². The molecule has 0 aliphatic carbocycles. The molecule has 2 aromatic rings. The van der Waals surface area contributed by atoms with E-state index in [4.69, 9.17) is 4.74 Å². The summed E-state index contributed by atoms with van der Waals surface area (Å²) in [5.41, 5.74) is 3.13. The largest absolute Gasteiger partial charge is 0.497 e. The Hall–Kier alpha value is -3.34. The number of benzene rings is 2. The molecule has 0 atom stereocenters. The first-order valence-corrected chi connectivity index (χ1v) is 8.24. The number of imide groups is 1. The average molecular weight is 348 g/mol. The summed E-state index contributed by atoms with van der Waals surface area (Å²) >= 11 is 0. The van der Waals surface area contributed by atoms with Crippen molar-refractivity contribution in [2.45, 2.75) is 6.92 Å². The first-order chi connectivity index (χ1) is 12.5. The van der Waals surface area contributed by atoms with E-state index in [0.717, 1.165) is 5.56 Å². The topological polar surface area (TPSA) is 58.6 Å². The number of carbonyl (C=O) groups is 2. The van der Waals surface area contributed by atoms with Crippen LogP contribution in [0, 0.1) is 6.92 Å². The Kier molecular flexibility index (Phi) is 4.89. The minimum atomic E-state index is -0.360. The van der Waals surface area contributed by atoms with Crippen molar-refractivity contribution < 1.29 is 14.3 Å². The number of anilines is 1. The highest BCUT2D eigenvalue weighted by Gasteiger charge is 2.38. The summed E-state index contributed by atoms with van der Waals surface area (Å²) in [6.07, 6.45) is 1.54. The van der Waals surface area contributed by atoms with E-state index < -0.39 is 0 Å². The summed E-state index contributed by atoms with van der Waals surface area (Å²) < 4.78 is 5.15. The van der Waals surface area contributed by atoms with Gasteiger partial charge in [0, 0.05) is 12.2 Å². The number of nitrogens with zero attached hydrogens (tertiary/aromatic N) is 1. The molecule has 2 aromatic carbocycles. The summed E-state index contributed by atoms with van der Waals surface area (Å²) in [6, 6.07) is 14.7. The Bertz CT molecular complexity index is 880. The third kappa shape index (κ3) is 3.24. The van der Waals surface area contributed by atoms with Crippen LogP contribution in [0.15, 0.2) is 66.9 Å². The number of nitrogens with one attached hydrogen (secondary N) is 1. The first kappa shape index (κ1) is 17.5. The van der Waals surface area contributed by atoms with Crippen LogP contribution in [0.1, 0.15) is 11.1 Å². The number of carbonyl (C=O) groups excluding carboxylic acids is 2. The highest BCUT2D eigenvalue weighted by atomic mass is 16.5. The zero-order valence-electron chi connectivity index (χ0n) is 14.8. The number of aryl methyl sites for hydroxylation is 1. The maximum atomic E-state index is 12.8.